The lowest BCUT2D eigenvalue weighted by Gasteiger charge is -2.11. The van der Waals surface area contributed by atoms with Gasteiger partial charge in [0, 0.05) is 11.3 Å². The van der Waals surface area contributed by atoms with Crippen LogP contribution in [0.4, 0.5) is 0 Å². The molecule has 1 N–H and O–H groups in total. The Labute approximate surface area is 201 Å². The average Bonchev–Trinajstić information content (AvgIpc) is 3.32. The van der Waals surface area contributed by atoms with E-state index in [1.54, 1.807) is 20.4 Å². The summed E-state index contributed by atoms with van der Waals surface area (Å²) in [5, 5.41) is 13.4. The third-order valence-electron chi connectivity index (χ3n) is 4.82. The average molecular weight is 474 g/mol. The molecule has 0 saturated carbocycles. The van der Waals surface area contributed by atoms with E-state index < -0.39 is 0 Å². The zero-order valence-electron chi connectivity index (χ0n) is 18.7. The molecule has 0 unspecified atom stereocenters. The summed E-state index contributed by atoms with van der Waals surface area (Å²) in [7, 11) is 3.23. The molecular weight excluding hydrogens is 450 g/mol. The number of thioether (sulfide) groups is 1. The maximum absolute atomic E-state index is 12.4. The van der Waals surface area contributed by atoms with Crippen molar-refractivity contribution in [2.24, 2.45) is 5.10 Å². The summed E-state index contributed by atoms with van der Waals surface area (Å²) in [6.45, 7) is 0. The number of hydrogen-bond donors (Lipinski definition) is 1. The molecule has 0 saturated heterocycles. The molecule has 172 valence electrons. The molecule has 3 aromatic carbocycles. The minimum Gasteiger partial charge on any atom is -0.497 e. The van der Waals surface area contributed by atoms with Gasteiger partial charge in [-0.25, -0.2) is 5.43 Å². The number of aromatic nitrogens is 3. The third-order valence-corrected chi connectivity index (χ3v) is 5.75. The van der Waals surface area contributed by atoms with E-state index in [1.807, 2.05) is 83.4 Å². The van der Waals surface area contributed by atoms with Crippen molar-refractivity contribution >= 4 is 23.9 Å². The molecule has 0 aliphatic heterocycles. The van der Waals surface area contributed by atoms with Crippen molar-refractivity contribution in [2.45, 2.75) is 5.16 Å². The van der Waals surface area contributed by atoms with Crippen LogP contribution < -0.4 is 14.9 Å². The second kappa shape index (κ2) is 11.2. The van der Waals surface area contributed by atoms with Gasteiger partial charge in [-0.15, -0.1) is 10.2 Å². The van der Waals surface area contributed by atoms with E-state index in [9.17, 15) is 4.79 Å². The number of nitrogens with zero attached hydrogens (tertiary/aromatic N) is 4. The lowest BCUT2D eigenvalue weighted by Crippen LogP contribution is -2.20. The summed E-state index contributed by atoms with van der Waals surface area (Å²) in [5.74, 6) is 2.02. The molecule has 0 fully saturated rings. The Bertz CT molecular complexity index is 1270. The van der Waals surface area contributed by atoms with Gasteiger partial charge in [-0.1, -0.05) is 54.2 Å². The topological polar surface area (TPSA) is 90.6 Å². The molecule has 0 atom stereocenters. The summed E-state index contributed by atoms with van der Waals surface area (Å²) < 4.78 is 12.4. The molecule has 4 rings (SSSR count). The number of ether oxygens (including phenoxy) is 2. The zero-order valence-corrected chi connectivity index (χ0v) is 19.5. The predicted octanol–water partition coefficient (Wildman–Crippen LogP) is 4.19. The van der Waals surface area contributed by atoms with E-state index in [0.717, 1.165) is 28.3 Å². The summed E-state index contributed by atoms with van der Waals surface area (Å²) in [6.07, 6.45) is 1.57. The van der Waals surface area contributed by atoms with Crippen LogP contribution in [0.15, 0.2) is 89.1 Å². The van der Waals surface area contributed by atoms with E-state index >= 15 is 0 Å². The van der Waals surface area contributed by atoms with Gasteiger partial charge in [0.15, 0.2) is 11.0 Å². The monoisotopic (exact) mass is 473 g/mol. The van der Waals surface area contributed by atoms with Gasteiger partial charge in [-0.05, 0) is 42.0 Å². The standard InChI is InChI=1S/C25H23N5O3S/c1-32-21-13-11-20(12-14-21)30-24(19-8-4-3-5-9-19)28-29-25(30)34-17-23(31)27-26-16-18-7-6-10-22(15-18)33-2/h3-16H,17H2,1-2H3,(H,27,31). The molecule has 9 heteroatoms. The summed E-state index contributed by atoms with van der Waals surface area (Å²) in [4.78, 5) is 12.4. The lowest BCUT2D eigenvalue weighted by molar-refractivity contribution is -0.118. The molecule has 0 spiro atoms. The predicted molar refractivity (Wildman–Crippen MR) is 133 cm³/mol. The summed E-state index contributed by atoms with van der Waals surface area (Å²) in [6, 6.07) is 24.8. The number of methoxy groups -OCH3 is 2. The van der Waals surface area contributed by atoms with E-state index in [0.29, 0.717) is 11.0 Å². The van der Waals surface area contributed by atoms with Crippen LogP contribution in [0.3, 0.4) is 0 Å². The van der Waals surface area contributed by atoms with Crippen molar-refractivity contribution < 1.29 is 14.3 Å². The highest BCUT2D eigenvalue weighted by Gasteiger charge is 2.17. The first-order chi connectivity index (χ1) is 16.7. The van der Waals surface area contributed by atoms with Crippen LogP contribution in [0.25, 0.3) is 17.1 Å². The Balaban J connectivity index is 1.49. The van der Waals surface area contributed by atoms with Crippen LogP contribution in [-0.4, -0.2) is 46.9 Å². The Morgan fingerprint density at radius 3 is 2.47 bits per heavy atom. The maximum atomic E-state index is 12.4. The fraction of sp³-hybridized carbons (Fsp3) is 0.120. The Morgan fingerprint density at radius 1 is 0.971 bits per heavy atom. The van der Waals surface area contributed by atoms with Gasteiger partial charge >= 0.3 is 0 Å². The first-order valence-corrected chi connectivity index (χ1v) is 11.4. The molecule has 1 aromatic heterocycles. The van der Waals surface area contributed by atoms with Crippen LogP contribution >= 0.6 is 11.8 Å². The second-order valence-corrected chi connectivity index (χ2v) is 8.01. The summed E-state index contributed by atoms with van der Waals surface area (Å²) >= 11 is 1.28. The third kappa shape index (κ3) is 5.62. The molecule has 0 aliphatic carbocycles. The molecular formula is C25H23N5O3S. The van der Waals surface area contributed by atoms with Crippen LogP contribution in [0.5, 0.6) is 11.5 Å². The SMILES string of the molecule is COc1ccc(-n2c(SCC(=O)NN=Cc3cccc(OC)c3)nnc2-c2ccccc2)cc1. The van der Waals surface area contributed by atoms with Gasteiger partial charge < -0.3 is 9.47 Å². The highest BCUT2D eigenvalue weighted by atomic mass is 32.2. The molecule has 8 nitrogen and oxygen atoms in total. The van der Waals surface area contributed by atoms with Crippen LogP contribution in [0.1, 0.15) is 5.56 Å². The number of carbonyl (C=O) groups is 1. The molecule has 4 aromatic rings. The molecule has 0 bridgehead atoms. The molecule has 1 heterocycles. The highest BCUT2D eigenvalue weighted by Crippen LogP contribution is 2.28. The number of rotatable bonds is 9. The van der Waals surface area contributed by atoms with Gasteiger partial charge in [-0.3, -0.25) is 9.36 Å². The van der Waals surface area contributed by atoms with Gasteiger partial charge in [0.1, 0.15) is 11.5 Å². The van der Waals surface area contributed by atoms with E-state index in [2.05, 4.69) is 20.7 Å². The number of amides is 1. The first kappa shape index (κ1) is 23.1. The molecule has 34 heavy (non-hydrogen) atoms. The largest absolute Gasteiger partial charge is 0.497 e. The van der Waals surface area contributed by atoms with Crippen LogP contribution in [-0.2, 0) is 4.79 Å². The van der Waals surface area contributed by atoms with Crippen LogP contribution in [0, 0.1) is 0 Å². The van der Waals surface area contributed by atoms with Crippen molar-refractivity contribution in [3.05, 3.63) is 84.4 Å². The second-order valence-electron chi connectivity index (χ2n) is 7.06. The van der Waals surface area contributed by atoms with Crippen molar-refractivity contribution in [1.29, 1.82) is 0 Å². The molecule has 0 aliphatic rings. The highest BCUT2D eigenvalue weighted by molar-refractivity contribution is 7.99. The fourth-order valence-electron chi connectivity index (χ4n) is 3.16. The number of hydrazone groups is 1. The first-order valence-electron chi connectivity index (χ1n) is 10.4. The van der Waals surface area contributed by atoms with Gasteiger partial charge in [0.2, 0.25) is 0 Å². The van der Waals surface area contributed by atoms with Gasteiger partial charge in [0.05, 0.1) is 26.2 Å². The Kier molecular flexibility index (Phi) is 7.56. The van der Waals surface area contributed by atoms with Crippen molar-refractivity contribution in [3.8, 4) is 28.6 Å². The fourth-order valence-corrected chi connectivity index (χ4v) is 3.91. The van der Waals surface area contributed by atoms with Crippen molar-refractivity contribution in [3.63, 3.8) is 0 Å². The van der Waals surface area contributed by atoms with E-state index in [4.69, 9.17) is 9.47 Å². The van der Waals surface area contributed by atoms with E-state index in [1.165, 1.54) is 11.8 Å². The number of nitrogens with one attached hydrogen (secondary N) is 1. The Hall–Kier alpha value is -4.11. The normalized spacial score (nSPS) is 10.9. The molecule has 0 radical (unpaired) electrons. The quantitative estimate of drug-likeness (QED) is 0.223. The number of carbonyl (C=O) groups excluding carboxylic acids is 1. The van der Waals surface area contributed by atoms with Gasteiger partial charge in [-0.2, -0.15) is 5.10 Å². The lowest BCUT2D eigenvalue weighted by atomic mass is 10.2. The number of hydrogen-bond acceptors (Lipinski definition) is 7. The minimum atomic E-state index is -0.255. The maximum Gasteiger partial charge on any atom is 0.250 e. The smallest absolute Gasteiger partial charge is 0.250 e. The Morgan fingerprint density at radius 2 is 1.74 bits per heavy atom. The minimum absolute atomic E-state index is 0.124. The van der Waals surface area contributed by atoms with Crippen molar-refractivity contribution in [2.75, 3.05) is 20.0 Å². The zero-order chi connectivity index (χ0) is 23.8. The summed E-state index contributed by atoms with van der Waals surface area (Å²) in [5.41, 5.74) is 5.15. The van der Waals surface area contributed by atoms with E-state index in [-0.39, 0.29) is 11.7 Å². The van der Waals surface area contributed by atoms with Crippen LogP contribution in [0.2, 0.25) is 0 Å². The van der Waals surface area contributed by atoms with Gasteiger partial charge in [0.25, 0.3) is 5.91 Å². The van der Waals surface area contributed by atoms with Crippen molar-refractivity contribution in [1.82, 2.24) is 20.2 Å². The molecule has 1 amide bonds. The number of benzene rings is 3.